The highest BCUT2D eigenvalue weighted by molar-refractivity contribution is 7.10. The average molecular weight is 393 g/mol. The molecule has 1 aliphatic rings. The van der Waals surface area contributed by atoms with Crippen LogP contribution in [-0.2, 0) is 16.1 Å². The van der Waals surface area contributed by atoms with E-state index in [9.17, 15) is 9.59 Å². The van der Waals surface area contributed by atoms with Crippen LogP contribution in [0.15, 0.2) is 29.6 Å². The second-order valence-corrected chi connectivity index (χ2v) is 7.88. The van der Waals surface area contributed by atoms with Crippen molar-refractivity contribution in [3.8, 4) is 5.75 Å². The molecule has 0 saturated carbocycles. The molecule has 0 N–H and O–H groups in total. The molecule has 0 spiro atoms. The highest BCUT2D eigenvalue weighted by Crippen LogP contribution is 2.35. The summed E-state index contributed by atoms with van der Waals surface area (Å²) in [6.45, 7) is 2.94. The number of halogens is 1. The fourth-order valence-corrected chi connectivity index (χ4v) is 4.28. The first-order valence-corrected chi connectivity index (χ1v) is 9.58. The van der Waals surface area contributed by atoms with E-state index in [0.717, 1.165) is 0 Å². The molecule has 1 aliphatic heterocycles. The molecular formula is C19H21ClN2O3S. The molecule has 0 bridgehead atoms. The van der Waals surface area contributed by atoms with E-state index in [4.69, 9.17) is 16.3 Å². The van der Waals surface area contributed by atoms with Gasteiger partial charge in [-0.3, -0.25) is 9.59 Å². The van der Waals surface area contributed by atoms with Crippen molar-refractivity contribution in [1.82, 2.24) is 4.90 Å². The Hall–Kier alpha value is -2.05. The van der Waals surface area contributed by atoms with Crippen molar-refractivity contribution < 1.29 is 14.3 Å². The molecule has 1 atom stereocenters. The summed E-state index contributed by atoms with van der Waals surface area (Å²) in [7, 11) is 3.33. The van der Waals surface area contributed by atoms with Crippen LogP contribution in [-0.4, -0.2) is 37.4 Å². The summed E-state index contributed by atoms with van der Waals surface area (Å²) in [5.41, 5.74) is 1.79. The Kier molecular flexibility index (Phi) is 5.53. The number of hydrogen-bond donors (Lipinski definition) is 0. The Balaban J connectivity index is 1.74. The van der Waals surface area contributed by atoms with E-state index in [2.05, 4.69) is 0 Å². The van der Waals surface area contributed by atoms with Crippen LogP contribution < -0.4 is 9.64 Å². The van der Waals surface area contributed by atoms with Gasteiger partial charge in [-0.05, 0) is 42.1 Å². The number of methoxy groups -OCH3 is 1. The molecular weight excluding hydrogens is 372 g/mol. The van der Waals surface area contributed by atoms with E-state index in [-0.39, 0.29) is 24.2 Å². The lowest BCUT2D eigenvalue weighted by Crippen LogP contribution is -2.34. The maximum Gasteiger partial charge on any atom is 0.228 e. The summed E-state index contributed by atoms with van der Waals surface area (Å²) < 4.78 is 5.34. The zero-order valence-electron chi connectivity index (χ0n) is 15.0. The predicted octanol–water partition coefficient (Wildman–Crippen LogP) is 3.73. The van der Waals surface area contributed by atoms with Crippen molar-refractivity contribution in [3.63, 3.8) is 0 Å². The van der Waals surface area contributed by atoms with E-state index in [0.29, 0.717) is 29.5 Å². The molecule has 1 saturated heterocycles. The monoisotopic (exact) mass is 392 g/mol. The molecule has 2 amide bonds. The van der Waals surface area contributed by atoms with E-state index in [1.54, 1.807) is 53.5 Å². The van der Waals surface area contributed by atoms with Crippen molar-refractivity contribution in [2.75, 3.05) is 25.6 Å². The van der Waals surface area contributed by atoms with Gasteiger partial charge in [-0.1, -0.05) is 11.6 Å². The molecule has 7 heteroatoms. The third-order valence-corrected chi connectivity index (χ3v) is 5.87. The first kappa shape index (κ1) is 18.7. The van der Waals surface area contributed by atoms with Crippen LogP contribution >= 0.6 is 22.9 Å². The number of nitrogens with zero attached hydrogens (tertiary/aromatic N) is 2. The Morgan fingerprint density at radius 2 is 2.19 bits per heavy atom. The molecule has 0 radical (unpaired) electrons. The van der Waals surface area contributed by atoms with Gasteiger partial charge in [-0.25, -0.2) is 0 Å². The molecule has 3 rings (SSSR count). The maximum atomic E-state index is 12.8. The zero-order valence-corrected chi connectivity index (χ0v) is 16.6. The minimum absolute atomic E-state index is 0.0188. The van der Waals surface area contributed by atoms with Crippen LogP contribution in [0.5, 0.6) is 5.75 Å². The number of aryl methyl sites for hydroxylation is 1. The number of carbonyl (C=O) groups excluding carboxylic acids is 2. The van der Waals surface area contributed by atoms with Gasteiger partial charge >= 0.3 is 0 Å². The second kappa shape index (κ2) is 7.68. The average Bonchev–Trinajstić information content (AvgIpc) is 3.20. The van der Waals surface area contributed by atoms with Gasteiger partial charge in [0, 0.05) is 29.9 Å². The van der Waals surface area contributed by atoms with Gasteiger partial charge in [0.25, 0.3) is 0 Å². The van der Waals surface area contributed by atoms with Gasteiger partial charge in [-0.15, -0.1) is 11.3 Å². The summed E-state index contributed by atoms with van der Waals surface area (Å²) in [5, 5.41) is 2.54. The van der Waals surface area contributed by atoms with Crippen LogP contribution in [0.3, 0.4) is 0 Å². The van der Waals surface area contributed by atoms with Gasteiger partial charge in [0.05, 0.1) is 25.3 Å². The molecule has 2 heterocycles. The third kappa shape index (κ3) is 3.71. The van der Waals surface area contributed by atoms with Gasteiger partial charge in [-0.2, -0.15) is 0 Å². The number of ether oxygens (including phenoxy) is 1. The Morgan fingerprint density at radius 3 is 2.85 bits per heavy atom. The molecule has 138 valence electrons. The fourth-order valence-electron chi connectivity index (χ4n) is 3.15. The molecule has 1 aromatic carbocycles. The number of rotatable bonds is 5. The molecule has 2 aromatic rings. The van der Waals surface area contributed by atoms with Crippen LogP contribution in [0.1, 0.15) is 16.9 Å². The SMILES string of the molecule is COc1ccc(Cl)cc1N1CC(C(=O)N(C)Cc2sccc2C)CC1=O. The molecule has 1 fully saturated rings. The molecule has 1 unspecified atom stereocenters. The van der Waals surface area contributed by atoms with Gasteiger partial charge in [0.15, 0.2) is 0 Å². The minimum Gasteiger partial charge on any atom is -0.495 e. The van der Waals surface area contributed by atoms with Gasteiger partial charge in [0.1, 0.15) is 5.75 Å². The first-order valence-electron chi connectivity index (χ1n) is 8.32. The predicted molar refractivity (Wildman–Crippen MR) is 104 cm³/mol. The Morgan fingerprint density at radius 1 is 1.42 bits per heavy atom. The lowest BCUT2D eigenvalue weighted by atomic mass is 10.1. The number of amides is 2. The summed E-state index contributed by atoms with van der Waals surface area (Å²) in [6, 6.07) is 7.18. The van der Waals surface area contributed by atoms with Crippen molar-refractivity contribution in [2.24, 2.45) is 5.92 Å². The van der Waals surface area contributed by atoms with E-state index in [1.807, 2.05) is 18.4 Å². The normalized spacial score (nSPS) is 16.8. The topological polar surface area (TPSA) is 49.9 Å². The van der Waals surface area contributed by atoms with Gasteiger partial charge < -0.3 is 14.5 Å². The summed E-state index contributed by atoms with van der Waals surface area (Å²) in [4.78, 5) is 29.8. The van der Waals surface area contributed by atoms with Crippen molar-refractivity contribution in [3.05, 3.63) is 45.1 Å². The van der Waals surface area contributed by atoms with Crippen molar-refractivity contribution in [2.45, 2.75) is 19.9 Å². The fraction of sp³-hybridized carbons (Fsp3) is 0.368. The summed E-state index contributed by atoms with van der Waals surface area (Å²) in [6.07, 6.45) is 0.197. The highest BCUT2D eigenvalue weighted by atomic mass is 35.5. The third-order valence-electron chi connectivity index (χ3n) is 4.63. The van der Waals surface area contributed by atoms with Gasteiger partial charge in [0.2, 0.25) is 11.8 Å². The standard InChI is InChI=1S/C19H21ClN2O3S/c1-12-6-7-26-17(12)11-21(2)19(24)13-8-18(23)22(10-13)15-9-14(20)4-5-16(15)25-3/h4-7,9,13H,8,10-11H2,1-3H3. The van der Waals surface area contributed by atoms with Crippen molar-refractivity contribution >= 4 is 40.4 Å². The largest absolute Gasteiger partial charge is 0.495 e. The zero-order chi connectivity index (χ0) is 18.8. The van der Waals surface area contributed by atoms with Crippen molar-refractivity contribution in [1.29, 1.82) is 0 Å². The second-order valence-electron chi connectivity index (χ2n) is 6.44. The van der Waals surface area contributed by atoms with Crippen LogP contribution in [0, 0.1) is 12.8 Å². The summed E-state index contributed by atoms with van der Waals surface area (Å²) >= 11 is 7.72. The number of benzene rings is 1. The highest BCUT2D eigenvalue weighted by Gasteiger charge is 2.37. The van der Waals surface area contributed by atoms with Crippen LogP contribution in [0.2, 0.25) is 5.02 Å². The molecule has 26 heavy (non-hydrogen) atoms. The quantitative estimate of drug-likeness (QED) is 0.779. The Bertz CT molecular complexity index is 836. The lowest BCUT2D eigenvalue weighted by molar-refractivity contribution is -0.135. The maximum absolute atomic E-state index is 12.8. The Labute approximate surface area is 162 Å². The van der Waals surface area contributed by atoms with Crippen LogP contribution in [0.4, 0.5) is 5.69 Å². The number of carbonyl (C=O) groups is 2. The minimum atomic E-state index is -0.364. The number of thiophene rings is 1. The van der Waals surface area contributed by atoms with Crippen LogP contribution in [0.25, 0.3) is 0 Å². The van der Waals surface area contributed by atoms with E-state index >= 15 is 0 Å². The first-order chi connectivity index (χ1) is 12.4. The smallest absolute Gasteiger partial charge is 0.228 e. The van der Waals surface area contributed by atoms with E-state index < -0.39 is 0 Å². The molecule has 1 aromatic heterocycles. The molecule has 5 nitrogen and oxygen atoms in total. The lowest BCUT2D eigenvalue weighted by Gasteiger charge is -2.22. The van der Waals surface area contributed by atoms with E-state index in [1.165, 1.54) is 10.4 Å². The molecule has 0 aliphatic carbocycles. The number of hydrogen-bond acceptors (Lipinski definition) is 4. The number of anilines is 1. The summed E-state index contributed by atoms with van der Waals surface area (Å²) in [5.74, 6) is 0.0918.